The van der Waals surface area contributed by atoms with Crippen LogP contribution in [0.15, 0.2) is 4.99 Å². The summed E-state index contributed by atoms with van der Waals surface area (Å²) < 4.78 is 0. The van der Waals surface area contributed by atoms with Gasteiger partial charge in [-0.15, -0.1) is 0 Å². The van der Waals surface area contributed by atoms with Gasteiger partial charge >= 0.3 is 17.9 Å². The van der Waals surface area contributed by atoms with Crippen molar-refractivity contribution in [3.8, 4) is 0 Å². The van der Waals surface area contributed by atoms with Gasteiger partial charge in [-0.2, -0.15) is 11.8 Å². The van der Waals surface area contributed by atoms with Gasteiger partial charge in [0.2, 0.25) is 11.8 Å². The molecule has 0 spiro atoms. The monoisotopic (exact) mass is 732 g/mol. The maximum atomic E-state index is 12.9. The van der Waals surface area contributed by atoms with Crippen LogP contribution >= 0.6 is 11.8 Å². The quantitative estimate of drug-likeness (QED) is 0.0222. The van der Waals surface area contributed by atoms with Gasteiger partial charge in [0, 0.05) is 78.4 Å². The molecule has 10 N–H and O–H groups in total. The molecule has 0 aromatic heterocycles. The number of aldehydes is 1. The lowest BCUT2D eigenvalue weighted by molar-refractivity contribution is -0.140. The van der Waals surface area contributed by atoms with E-state index in [9.17, 15) is 44.1 Å². The van der Waals surface area contributed by atoms with Crippen LogP contribution in [0.25, 0.3) is 0 Å². The summed E-state index contributed by atoms with van der Waals surface area (Å²) in [6.07, 6.45) is 4.26. The Morgan fingerprint density at radius 3 is 1.78 bits per heavy atom. The average Bonchev–Trinajstić information content (AvgIpc) is 3.03. The molecule has 1 rings (SSSR count). The first kappa shape index (κ1) is 44.5. The molecule has 0 aromatic rings. The summed E-state index contributed by atoms with van der Waals surface area (Å²) >= 11 is 1.72. The number of hydrogen-bond donors (Lipinski definition) is 8. The molecular weight excluding hydrogens is 676 g/mol. The molecule has 50 heavy (non-hydrogen) atoms. The predicted molar refractivity (Wildman–Crippen MR) is 189 cm³/mol. The third kappa shape index (κ3) is 21.5. The maximum absolute atomic E-state index is 12.9. The van der Waals surface area contributed by atoms with E-state index in [-0.39, 0.29) is 96.8 Å². The van der Waals surface area contributed by atoms with Crippen molar-refractivity contribution in [2.24, 2.45) is 16.5 Å². The molecule has 2 amide bonds. The molecule has 1 saturated heterocycles. The van der Waals surface area contributed by atoms with Crippen molar-refractivity contribution in [1.29, 1.82) is 0 Å². The molecule has 0 radical (unpaired) electrons. The van der Waals surface area contributed by atoms with Gasteiger partial charge in [-0.1, -0.05) is 0 Å². The molecule has 1 unspecified atom stereocenters. The van der Waals surface area contributed by atoms with E-state index in [1.165, 1.54) is 0 Å². The van der Waals surface area contributed by atoms with Gasteiger partial charge in [0.25, 0.3) is 0 Å². The molecular formula is C30H56N10O9S. The normalized spacial score (nSPS) is 17.0. The predicted octanol–water partition coefficient (Wildman–Crippen LogP) is -3.24. The van der Waals surface area contributed by atoms with Crippen molar-refractivity contribution in [3.63, 3.8) is 0 Å². The number of nitrogens with one attached hydrogen (secondary N) is 3. The summed E-state index contributed by atoms with van der Waals surface area (Å²) in [6, 6.07) is -0.805. The summed E-state index contributed by atoms with van der Waals surface area (Å²) in [5.74, 6) is -2.98. The van der Waals surface area contributed by atoms with E-state index in [4.69, 9.17) is 11.5 Å². The number of hydrogen-bond acceptors (Lipinski definition) is 13. The zero-order chi connectivity index (χ0) is 37.3. The number of aliphatic imine (C=N–C) groups is 1. The van der Waals surface area contributed by atoms with Gasteiger partial charge in [0.05, 0.1) is 19.6 Å². The Labute approximate surface area is 297 Å². The second-order valence-electron chi connectivity index (χ2n) is 11.9. The molecule has 2 atom stereocenters. The first-order valence-corrected chi connectivity index (χ1v) is 18.1. The third-order valence-corrected chi connectivity index (χ3v) is 8.54. The number of rotatable bonds is 23. The first-order valence-electron chi connectivity index (χ1n) is 16.7. The number of carbonyl (C=O) groups excluding carboxylic acids is 3. The Hall–Kier alpha value is -3.56. The van der Waals surface area contributed by atoms with Crippen LogP contribution in [0.2, 0.25) is 0 Å². The van der Waals surface area contributed by atoms with Gasteiger partial charge in [-0.05, 0) is 37.7 Å². The number of nitrogens with two attached hydrogens (primary N) is 2. The molecule has 0 saturated carbocycles. The second-order valence-corrected chi connectivity index (χ2v) is 12.9. The minimum Gasteiger partial charge on any atom is -0.480 e. The zero-order valence-corrected chi connectivity index (χ0v) is 29.8. The minimum atomic E-state index is -1.06. The lowest BCUT2D eigenvalue weighted by atomic mass is 10.1. The first-order chi connectivity index (χ1) is 23.8. The van der Waals surface area contributed by atoms with E-state index >= 15 is 0 Å². The van der Waals surface area contributed by atoms with Crippen LogP contribution in [-0.4, -0.2) is 193 Å². The molecule has 0 aliphatic carbocycles. The number of aliphatic carboxylic acids is 3. The van der Waals surface area contributed by atoms with E-state index in [1.807, 2.05) is 6.26 Å². The summed E-state index contributed by atoms with van der Waals surface area (Å²) in [5.41, 5.74) is 10.8. The Morgan fingerprint density at radius 2 is 1.32 bits per heavy atom. The number of carbonyl (C=O) groups is 6. The molecule has 1 fully saturated rings. The molecule has 0 aromatic carbocycles. The molecule has 0 bridgehead atoms. The Morgan fingerprint density at radius 1 is 0.800 bits per heavy atom. The molecule has 1 aliphatic rings. The summed E-state index contributed by atoms with van der Waals surface area (Å²) in [6.45, 7) is 1.87. The average molecular weight is 733 g/mol. The maximum Gasteiger partial charge on any atom is 0.317 e. The third-order valence-electron chi connectivity index (χ3n) is 7.85. The molecule has 19 nitrogen and oxygen atoms in total. The van der Waals surface area contributed by atoms with Gasteiger partial charge < -0.3 is 42.2 Å². The van der Waals surface area contributed by atoms with Crippen LogP contribution in [0.4, 0.5) is 0 Å². The fraction of sp³-hybridized carbons (Fsp3) is 0.767. The number of nitrogens with zero attached hydrogens (tertiary/aromatic N) is 5. The van der Waals surface area contributed by atoms with E-state index in [0.717, 1.165) is 18.6 Å². The largest absolute Gasteiger partial charge is 0.480 e. The molecule has 20 heteroatoms. The highest BCUT2D eigenvalue weighted by Gasteiger charge is 2.24. The summed E-state index contributed by atoms with van der Waals surface area (Å²) in [5, 5.41) is 36.9. The van der Waals surface area contributed by atoms with Crippen LogP contribution in [0.3, 0.4) is 0 Å². The number of unbranched alkanes of at least 4 members (excludes halogenated alkanes) is 1. The lowest BCUT2D eigenvalue weighted by Crippen LogP contribution is -2.54. The SMILES string of the molecule is CSCCCCNC(=O)[C@@H](CCCN=C(N)N)NC(=O)CCNC(C=O)N1CCN(CC(=O)O)CCN(CC(=O)O)CCN(CC(=O)O)CC1. The van der Waals surface area contributed by atoms with Crippen LogP contribution in [0.5, 0.6) is 0 Å². The number of carboxylic acids is 3. The van der Waals surface area contributed by atoms with Gasteiger partial charge in [-0.25, -0.2) is 0 Å². The van der Waals surface area contributed by atoms with Gasteiger partial charge in [0.1, 0.15) is 12.2 Å². The van der Waals surface area contributed by atoms with E-state index in [1.54, 1.807) is 31.4 Å². The van der Waals surface area contributed by atoms with Crippen LogP contribution in [0.1, 0.15) is 32.1 Å². The number of guanidine groups is 1. The van der Waals surface area contributed by atoms with E-state index in [2.05, 4.69) is 20.9 Å². The van der Waals surface area contributed by atoms with E-state index < -0.39 is 36.0 Å². The number of amides is 2. The van der Waals surface area contributed by atoms with Gasteiger partial charge in [0.15, 0.2) is 12.2 Å². The van der Waals surface area contributed by atoms with Crippen LogP contribution in [-0.2, 0) is 28.8 Å². The number of carboxylic acid groups (broad SMARTS) is 3. The minimum absolute atomic E-state index is 0.0563. The van der Waals surface area contributed by atoms with Crippen LogP contribution < -0.4 is 27.4 Å². The molecule has 1 heterocycles. The van der Waals surface area contributed by atoms with Crippen molar-refractivity contribution in [2.45, 2.75) is 44.3 Å². The summed E-state index contributed by atoms with van der Waals surface area (Å²) in [7, 11) is 0. The molecule has 1 aliphatic heterocycles. The number of thioether (sulfide) groups is 1. The fourth-order valence-electron chi connectivity index (χ4n) is 5.22. The van der Waals surface area contributed by atoms with Crippen molar-refractivity contribution in [3.05, 3.63) is 0 Å². The van der Waals surface area contributed by atoms with Crippen molar-refractivity contribution in [1.82, 2.24) is 35.6 Å². The second kappa shape index (κ2) is 26.3. The highest BCUT2D eigenvalue weighted by Crippen LogP contribution is 2.05. The molecule has 286 valence electrons. The Bertz CT molecular complexity index is 1070. The van der Waals surface area contributed by atoms with E-state index in [0.29, 0.717) is 32.2 Å². The highest BCUT2D eigenvalue weighted by atomic mass is 32.2. The van der Waals surface area contributed by atoms with Crippen molar-refractivity contribution in [2.75, 3.05) is 104 Å². The van der Waals surface area contributed by atoms with Crippen molar-refractivity contribution >= 4 is 53.7 Å². The topological polar surface area (TPSA) is 277 Å². The fourth-order valence-corrected chi connectivity index (χ4v) is 5.71. The Balaban J connectivity index is 2.94. The van der Waals surface area contributed by atoms with Gasteiger partial charge in [-0.3, -0.25) is 53.9 Å². The van der Waals surface area contributed by atoms with Crippen molar-refractivity contribution < 1.29 is 44.1 Å². The standard InChI is InChI=1S/C30H56N10O9S/c1-50-18-3-2-7-34-29(49)23(5-4-8-35-30(31)32)36-25(42)6-9-33-24(22-41)40-16-14-38(20-27(45)46)12-10-37(19-26(43)44)11-13-39(15-17-40)21-28(47)48/h22-24,33H,2-21H2,1H3,(H,34,49)(H,36,42)(H,43,44)(H,45,46)(H,47,48)(H4,31,32,35)/t23-,24?/m1/s1. The summed E-state index contributed by atoms with van der Waals surface area (Å²) in [4.78, 5) is 83.2. The zero-order valence-electron chi connectivity index (χ0n) is 29.0. The Kier molecular flexibility index (Phi) is 23.4. The van der Waals surface area contributed by atoms with Crippen LogP contribution in [0, 0.1) is 0 Å². The lowest BCUT2D eigenvalue weighted by Gasteiger charge is -2.35. The highest BCUT2D eigenvalue weighted by molar-refractivity contribution is 7.98. The smallest absolute Gasteiger partial charge is 0.317 e.